The number of ether oxygens (including phenoxy) is 2. The van der Waals surface area contributed by atoms with E-state index in [-0.39, 0.29) is 23.0 Å². The van der Waals surface area contributed by atoms with Gasteiger partial charge in [-0.25, -0.2) is 8.78 Å². The maximum absolute atomic E-state index is 14.2. The van der Waals surface area contributed by atoms with Gasteiger partial charge in [-0.1, -0.05) is 36.4 Å². The van der Waals surface area contributed by atoms with E-state index in [4.69, 9.17) is 13.9 Å². The van der Waals surface area contributed by atoms with E-state index >= 15 is 0 Å². The third-order valence-corrected chi connectivity index (χ3v) is 6.91. The van der Waals surface area contributed by atoms with Crippen molar-refractivity contribution in [3.63, 3.8) is 0 Å². The molecule has 5 nitrogen and oxygen atoms in total. The predicted octanol–water partition coefficient (Wildman–Crippen LogP) is 6.03. The van der Waals surface area contributed by atoms with E-state index in [1.54, 1.807) is 31.4 Å². The first-order valence-corrected chi connectivity index (χ1v) is 12.7. The van der Waals surface area contributed by atoms with Crippen molar-refractivity contribution in [1.29, 1.82) is 0 Å². The molecule has 5 rings (SSSR count). The van der Waals surface area contributed by atoms with Crippen molar-refractivity contribution in [3.8, 4) is 5.75 Å². The quantitative estimate of drug-likeness (QED) is 0.277. The second kappa shape index (κ2) is 11.5. The van der Waals surface area contributed by atoms with Gasteiger partial charge in [0.25, 0.3) is 0 Å². The summed E-state index contributed by atoms with van der Waals surface area (Å²) in [4.78, 5) is 2.23. The highest BCUT2D eigenvalue weighted by molar-refractivity contribution is 5.44. The van der Waals surface area contributed by atoms with Crippen LogP contribution in [-0.4, -0.2) is 36.4 Å². The Labute approximate surface area is 221 Å². The zero-order valence-corrected chi connectivity index (χ0v) is 21.3. The van der Waals surface area contributed by atoms with Crippen molar-refractivity contribution in [1.82, 2.24) is 4.90 Å². The topological polar surface area (TPSA) is 55.1 Å². The zero-order chi connectivity index (χ0) is 26.5. The molecule has 3 aromatic carbocycles. The molecule has 1 aliphatic heterocycles. The van der Waals surface area contributed by atoms with Crippen LogP contribution in [0.1, 0.15) is 41.1 Å². The van der Waals surface area contributed by atoms with E-state index < -0.39 is 17.2 Å². The van der Waals surface area contributed by atoms with Crippen LogP contribution in [0.25, 0.3) is 0 Å². The van der Waals surface area contributed by atoms with E-state index in [2.05, 4.69) is 4.90 Å². The first kappa shape index (κ1) is 26.1. The number of nitrogens with zero attached hydrogens (tertiary/aromatic N) is 1. The number of furan rings is 1. The molecule has 1 N–H and O–H groups in total. The molecule has 1 saturated heterocycles. The van der Waals surface area contributed by atoms with Crippen molar-refractivity contribution in [2.45, 2.75) is 37.6 Å². The van der Waals surface area contributed by atoms with Crippen LogP contribution in [0.15, 0.2) is 89.3 Å². The molecule has 0 saturated carbocycles. The van der Waals surface area contributed by atoms with Crippen molar-refractivity contribution < 1.29 is 27.8 Å². The predicted molar refractivity (Wildman–Crippen MR) is 140 cm³/mol. The summed E-state index contributed by atoms with van der Waals surface area (Å²) in [6.45, 7) is 2.58. The Morgan fingerprint density at radius 2 is 1.63 bits per heavy atom. The zero-order valence-electron chi connectivity index (χ0n) is 21.3. The first-order valence-electron chi connectivity index (χ1n) is 12.7. The van der Waals surface area contributed by atoms with Crippen molar-refractivity contribution in [2.75, 3.05) is 20.3 Å². The normalized spacial score (nSPS) is 15.8. The molecule has 1 aromatic heterocycles. The van der Waals surface area contributed by atoms with Crippen LogP contribution in [0.4, 0.5) is 8.78 Å². The third-order valence-electron chi connectivity index (χ3n) is 6.91. The molecular formula is C31H31F2NO4. The molecule has 0 aliphatic carbocycles. The van der Waals surface area contributed by atoms with Gasteiger partial charge in [0, 0.05) is 19.7 Å². The summed E-state index contributed by atoms with van der Waals surface area (Å²) in [6.07, 6.45) is 2.17. The number of benzene rings is 3. The Hall–Kier alpha value is -3.52. The largest absolute Gasteiger partial charge is 0.497 e. The lowest BCUT2D eigenvalue weighted by Gasteiger charge is -2.28. The van der Waals surface area contributed by atoms with Crippen molar-refractivity contribution in [3.05, 3.63) is 125 Å². The lowest BCUT2D eigenvalue weighted by molar-refractivity contribution is 0.0629. The van der Waals surface area contributed by atoms with Gasteiger partial charge in [0.2, 0.25) is 0 Å². The minimum atomic E-state index is -1.88. The van der Waals surface area contributed by atoms with E-state index in [0.29, 0.717) is 25.4 Å². The highest BCUT2D eigenvalue weighted by Gasteiger charge is 2.38. The van der Waals surface area contributed by atoms with Crippen LogP contribution in [-0.2, 0) is 23.4 Å². The summed E-state index contributed by atoms with van der Waals surface area (Å²) < 4.78 is 45.9. The molecule has 4 aromatic rings. The van der Waals surface area contributed by atoms with E-state index in [9.17, 15) is 13.9 Å². The van der Waals surface area contributed by atoms with Gasteiger partial charge in [-0.05, 0) is 78.1 Å². The third kappa shape index (κ3) is 5.80. The molecule has 0 radical (unpaired) electrons. The molecule has 0 amide bonds. The van der Waals surface area contributed by atoms with Crippen LogP contribution in [0.5, 0.6) is 5.75 Å². The molecule has 1 fully saturated rings. The highest BCUT2D eigenvalue weighted by atomic mass is 19.1. The fraction of sp³-hybridized carbons (Fsp3) is 0.290. The second-order valence-electron chi connectivity index (χ2n) is 9.65. The van der Waals surface area contributed by atoms with Crippen LogP contribution in [0.2, 0.25) is 0 Å². The first-order chi connectivity index (χ1) is 18.4. The summed E-state index contributed by atoms with van der Waals surface area (Å²) in [5.74, 6) is 0.569. The van der Waals surface area contributed by atoms with Crippen LogP contribution in [0.3, 0.4) is 0 Å². The van der Waals surface area contributed by atoms with Gasteiger partial charge in [-0.15, -0.1) is 0 Å². The Balaban J connectivity index is 1.46. The number of aliphatic hydroxyl groups is 1. The molecule has 1 atom stereocenters. The maximum Gasteiger partial charge on any atom is 0.173 e. The Bertz CT molecular complexity index is 1320. The van der Waals surface area contributed by atoms with Crippen molar-refractivity contribution >= 4 is 0 Å². The molecule has 1 aliphatic rings. The summed E-state index contributed by atoms with van der Waals surface area (Å²) in [6, 6.07) is 22.7. The highest BCUT2D eigenvalue weighted by Crippen LogP contribution is 2.38. The molecule has 0 spiro atoms. The van der Waals surface area contributed by atoms with E-state index in [0.717, 1.165) is 30.8 Å². The van der Waals surface area contributed by atoms with E-state index in [1.165, 1.54) is 36.4 Å². The number of hydrogen-bond donors (Lipinski definition) is 1. The fourth-order valence-electron chi connectivity index (χ4n) is 5.05. The average Bonchev–Trinajstić information content (AvgIpc) is 3.61. The minimum absolute atomic E-state index is 0.131. The van der Waals surface area contributed by atoms with Gasteiger partial charge >= 0.3 is 0 Å². The van der Waals surface area contributed by atoms with Gasteiger partial charge in [0.15, 0.2) is 5.60 Å². The standard InChI is InChI=1S/C31H31F2NO4/c1-36-27-11-2-6-22(16-27)19-34(20-28-12-5-15-37-28)21-29-13-14-30(38-29)31(35,23-7-3-9-25(32)17-23)24-8-4-10-26(33)18-24/h2-4,6-11,13-14,16-18,28,35H,5,12,15,19-21H2,1H3/t28-/m0/s1. The van der Waals surface area contributed by atoms with Gasteiger partial charge in [0.1, 0.15) is 28.9 Å². The monoisotopic (exact) mass is 519 g/mol. The maximum atomic E-state index is 14.2. The van der Waals surface area contributed by atoms with Gasteiger partial charge in [-0.3, -0.25) is 4.90 Å². The number of rotatable bonds is 10. The molecule has 38 heavy (non-hydrogen) atoms. The van der Waals surface area contributed by atoms with Crippen molar-refractivity contribution in [2.24, 2.45) is 0 Å². The second-order valence-corrected chi connectivity index (χ2v) is 9.65. The number of halogens is 2. The molecule has 7 heteroatoms. The van der Waals surface area contributed by atoms with Gasteiger partial charge in [0.05, 0.1) is 19.8 Å². The smallest absolute Gasteiger partial charge is 0.173 e. The SMILES string of the molecule is COc1cccc(CN(Cc2ccc(C(O)(c3cccc(F)c3)c3cccc(F)c3)o2)C[C@@H]2CCCO2)c1. The van der Waals surface area contributed by atoms with Crippen LogP contribution in [0, 0.1) is 11.6 Å². The molecule has 0 unspecified atom stereocenters. The van der Waals surface area contributed by atoms with E-state index in [1.807, 2.05) is 24.3 Å². The Morgan fingerprint density at radius 1 is 0.921 bits per heavy atom. The summed E-state index contributed by atoms with van der Waals surface area (Å²) in [5, 5.41) is 12.0. The summed E-state index contributed by atoms with van der Waals surface area (Å²) >= 11 is 0. The van der Waals surface area contributed by atoms with Crippen LogP contribution >= 0.6 is 0 Å². The summed E-state index contributed by atoms with van der Waals surface area (Å²) in [5.41, 5.74) is -0.299. The number of hydrogen-bond acceptors (Lipinski definition) is 5. The molecule has 198 valence electrons. The van der Waals surface area contributed by atoms with Gasteiger partial charge in [-0.2, -0.15) is 0 Å². The van der Waals surface area contributed by atoms with Gasteiger partial charge < -0.3 is 19.0 Å². The lowest BCUT2D eigenvalue weighted by atomic mass is 9.84. The fourth-order valence-corrected chi connectivity index (χ4v) is 5.05. The molecular weight excluding hydrogens is 488 g/mol. The average molecular weight is 520 g/mol. The Morgan fingerprint density at radius 3 is 2.26 bits per heavy atom. The lowest BCUT2D eigenvalue weighted by Crippen LogP contribution is -2.31. The summed E-state index contributed by atoms with van der Waals surface area (Å²) in [7, 11) is 1.64. The Kier molecular flexibility index (Phi) is 7.88. The number of methoxy groups -OCH3 is 1. The van der Waals surface area contributed by atoms with Crippen LogP contribution < -0.4 is 4.74 Å². The molecule has 0 bridgehead atoms. The molecule has 2 heterocycles. The minimum Gasteiger partial charge on any atom is -0.497 e.